The van der Waals surface area contributed by atoms with Crippen molar-refractivity contribution in [1.82, 2.24) is 4.57 Å². The Labute approximate surface area is 374 Å². The smallest absolute Gasteiger partial charge is 0.0713 e. The van der Waals surface area contributed by atoms with Crippen LogP contribution in [0.5, 0.6) is 0 Å². The van der Waals surface area contributed by atoms with Crippen LogP contribution in [0, 0.1) is 0 Å². The Balaban J connectivity index is 0.953. The summed E-state index contributed by atoms with van der Waals surface area (Å²) in [4.78, 5) is 2.42. The van der Waals surface area contributed by atoms with Crippen LogP contribution in [-0.2, 0) is 5.41 Å². The minimum atomic E-state index is -0.440. The number of para-hydroxylation sites is 1. The summed E-state index contributed by atoms with van der Waals surface area (Å²) >= 11 is 0. The van der Waals surface area contributed by atoms with Crippen LogP contribution in [0.2, 0.25) is 0 Å². The van der Waals surface area contributed by atoms with Crippen molar-refractivity contribution in [2.75, 3.05) is 11.4 Å². The van der Waals surface area contributed by atoms with Crippen molar-refractivity contribution in [3.63, 3.8) is 0 Å². The van der Waals surface area contributed by atoms with Gasteiger partial charge >= 0.3 is 0 Å². The number of fused-ring (bicyclic) bond motifs is 7. The Morgan fingerprint density at radius 2 is 0.969 bits per heavy atom. The molecular formula is C62H44N2. The van der Waals surface area contributed by atoms with Crippen molar-refractivity contribution >= 4 is 38.8 Å². The van der Waals surface area contributed by atoms with E-state index in [9.17, 15) is 0 Å². The molecule has 1 aliphatic carbocycles. The number of hydrogen-bond acceptors (Lipinski definition) is 1. The Morgan fingerprint density at radius 3 is 1.72 bits per heavy atom. The van der Waals surface area contributed by atoms with Gasteiger partial charge in [0.1, 0.15) is 0 Å². The first kappa shape index (κ1) is 37.6. The zero-order valence-electron chi connectivity index (χ0n) is 35.4. The minimum absolute atomic E-state index is 0.440. The number of anilines is 2. The molecule has 9 aromatic carbocycles. The van der Waals surface area contributed by atoms with Gasteiger partial charge in [-0.2, -0.15) is 0 Å². The molecule has 0 unspecified atom stereocenters. The van der Waals surface area contributed by atoms with Gasteiger partial charge in [-0.15, -0.1) is 0 Å². The van der Waals surface area contributed by atoms with Crippen molar-refractivity contribution < 1.29 is 0 Å². The lowest BCUT2D eigenvalue weighted by Gasteiger charge is -2.34. The fourth-order valence-electron chi connectivity index (χ4n) is 10.5. The molecule has 2 heteroatoms. The highest BCUT2D eigenvalue weighted by Gasteiger charge is 2.45. The summed E-state index contributed by atoms with van der Waals surface area (Å²) in [6, 6.07) is 80.3. The van der Waals surface area contributed by atoms with E-state index in [4.69, 9.17) is 0 Å². The minimum Gasteiger partial charge on any atom is -0.337 e. The van der Waals surface area contributed by atoms with E-state index in [1.54, 1.807) is 0 Å². The largest absolute Gasteiger partial charge is 0.337 e. The summed E-state index contributed by atoms with van der Waals surface area (Å²) in [5.74, 6) is 0. The molecule has 2 heterocycles. The van der Waals surface area contributed by atoms with Gasteiger partial charge in [0.05, 0.1) is 16.4 Å². The lowest BCUT2D eigenvalue weighted by molar-refractivity contribution is 0.768. The second-order valence-corrected chi connectivity index (χ2v) is 16.9. The molecule has 0 radical (unpaired) electrons. The van der Waals surface area contributed by atoms with E-state index in [0.29, 0.717) is 6.54 Å². The molecule has 0 spiro atoms. The highest BCUT2D eigenvalue weighted by atomic mass is 15.1. The van der Waals surface area contributed by atoms with Crippen molar-refractivity contribution in [2.24, 2.45) is 0 Å². The second kappa shape index (κ2) is 15.3. The predicted molar refractivity (Wildman–Crippen MR) is 270 cm³/mol. The molecule has 0 bridgehead atoms. The second-order valence-electron chi connectivity index (χ2n) is 16.9. The van der Waals surface area contributed by atoms with Gasteiger partial charge in [0.15, 0.2) is 0 Å². The molecule has 10 aromatic rings. The van der Waals surface area contributed by atoms with Crippen LogP contribution in [0.15, 0.2) is 249 Å². The third-order valence-corrected chi connectivity index (χ3v) is 13.5. The average Bonchev–Trinajstić information content (AvgIpc) is 3.88. The van der Waals surface area contributed by atoms with E-state index in [2.05, 4.69) is 259 Å². The third kappa shape index (κ3) is 5.95. The number of benzene rings is 9. The van der Waals surface area contributed by atoms with Gasteiger partial charge in [0.25, 0.3) is 0 Å². The van der Waals surface area contributed by atoms with Crippen LogP contribution in [0.25, 0.3) is 66.4 Å². The van der Waals surface area contributed by atoms with E-state index in [-0.39, 0.29) is 0 Å². The molecule has 1 aliphatic heterocycles. The molecule has 0 saturated heterocycles. The highest BCUT2D eigenvalue weighted by molar-refractivity contribution is 6.10. The van der Waals surface area contributed by atoms with Gasteiger partial charge in [0.2, 0.25) is 0 Å². The molecular weight excluding hydrogens is 773 g/mol. The number of nitrogens with zero attached hydrogens (tertiary/aromatic N) is 2. The first-order valence-corrected chi connectivity index (χ1v) is 22.2. The maximum Gasteiger partial charge on any atom is 0.0713 e. The molecule has 302 valence electrons. The van der Waals surface area contributed by atoms with Crippen LogP contribution in [-0.4, -0.2) is 11.1 Å². The zero-order valence-corrected chi connectivity index (χ0v) is 35.4. The molecule has 0 amide bonds. The Bertz CT molecular complexity index is 3410. The molecule has 64 heavy (non-hydrogen) atoms. The van der Waals surface area contributed by atoms with Crippen LogP contribution >= 0.6 is 0 Å². The molecule has 2 aliphatic rings. The Hall–Kier alpha value is -8.20. The van der Waals surface area contributed by atoms with Gasteiger partial charge in [0, 0.05) is 39.9 Å². The molecule has 0 N–H and O–H groups in total. The number of allylic oxidation sites excluding steroid dienone is 4. The number of hydrogen-bond donors (Lipinski definition) is 0. The summed E-state index contributed by atoms with van der Waals surface area (Å²) in [5.41, 5.74) is 19.9. The maximum atomic E-state index is 4.62. The van der Waals surface area contributed by atoms with Crippen LogP contribution in [0.3, 0.4) is 0 Å². The quantitative estimate of drug-likeness (QED) is 0.162. The standard InChI is InChI=1S/C62H44N2/c1-43-17-5-4-16-40-63(50-36-32-49(33-37-50)62(48-20-8-3-9-21-48)57-25-13-10-22-52(57)53-23-11-14-26-58(53)62)59-39-31-46(41-56(43)59)47-30-38-55-54-24-12-15-27-60(54)64(61(55)42-47)51-34-28-45(29-35-51)44-18-6-2-7-19-44/h2-39,41-42H,1,40H2/b16-4-,17-5-. The van der Waals surface area contributed by atoms with E-state index < -0.39 is 5.41 Å². The average molecular weight is 817 g/mol. The fourth-order valence-corrected chi connectivity index (χ4v) is 10.5. The first-order valence-electron chi connectivity index (χ1n) is 22.2. The molecule has 0 saturated carbocycles. The summed E-state index contributed by atoms with van der Waals surface area (Å²) in [5, 5.41) is 2.48. The lowest BCUT2D eigenvalue weighted by Crippen LogP contribution is -2.28. The van der Waals surface area contributed by atoms with Gasteiger partial charge in [-0.05, 0) is 110 Å². The highest BCUT2D eigenvalue weighted by Crippen LogP contribution is 2.56. The Kier molecular flexibility index (Phi) is 8.98. The normalized spacial score (nSPS) is 14.9. The van der Waals surface area contributed by atoms with Crippen LogP contribution in [0.4, 0.5) is 11.4 Å². The molecule has 12 rings (SSSR count). The van der Waals surface area contributed by atoms with Crippen molar-refractivity contribution in [1.29, 1.82) is 0 Å². The summed E-state index contributed by atoms with van der Waals surface area (Å²) in [6.07, 6.45) is 8.60. The number of rotatable bonds is 6. The van der Waals surface area contributed by atoms with Gasteiger partial charge < -0.3 is 9.47 Å². The summed E-state index contributed by atoms with van der Waals surface area (Å²) in [7, 11) is 0. The SMILES string of the molecule is C=C1/C=C\C=C/CN(c2ccc(C3(c4ccccc4)c4ccccc4-c4ccccc43)cc2)c2ccc(-c3ccc4c5ccccc5n(-c5ccc(-c6ccccc6)cc5)c4c3)cc21. The zero-order chi connectivity index (χ0) is 42.6. The molecule has 1 aromatic heterocycles. The van der Waals surface area contributed by atoms with E-state index in [1.165, 1.54) is 66.3 Å². The first-order chi connectivity index (χ1) is 31.7. The van der Waals surface area contributed by atoms with E-state index in [1.807, 2.05) is 0 Å². The summed E-state index contributed by atoms with van der Waals surface area (Å²) < 4.78 is 2.41. The van der Waals surface area contributed by atoms with E-state index >= 15 is 0 Å². The molecule has 0 fully saturated rings. The molecule has 0 atom stereocenters. The third-order valence-electron chi connectivity index (χ3n) is 13.5. The van der Waals surface area contributed by atoms with E-state index in [0.717, 1.165) is 39.3 Å². The Morgan fingerprint density at radius 1 is 0.406 bits per heavy atom. The lowest BCUT2D eigenvalue weighted by atomic mass is 9.68. The monoisotopic (exact) mass is 816 g/mol. The van der Waals surface area contributed by atoms with Crippen molar-refractivity contribution in [3.05, 3.63) is 277 Å². The van der Waals surface area contributed by atoms with Crippen molar-refractivity contribution in [3.8, 4) is 39.1 Å². The predicted octanol–water partition coefficient (Wildman–Crippen LogP) is 15.8. The topological polar surface area (TPSA) is 8.17 Å². The summed E-state index contributed by atoms with van der Waals surface area (Å²) in [6.45, 7) is 5.34. The fraction of sp³-hybridized carbons (Fsp3) is 0.0323. The van der Waals surface area contributed by atoms with Gasteiger partial charge in [-0.3, -0.25) is 0 Å². The maximum absolute atomic E-state index is 4.62. The van der Waals surface area contributed by atoms with Crippen LogP contribution in [0.1, 0.15) is 27.8 Å². The van der Waals surface area contributed by atoms with Crippen LogP contribution < -0.4 is 4.90 Å². The van der Waals surface area contributed by atoms with Crippen molar-refractivity contribution in [2.45, 2.75) is 5.41 Å². The van der Waals surface area contributed by atoms with Gasteiger partial charge in [-0.1, -0.05) is 201 Å². The van der Waals surface area contributed by atoms with Gasteiger partial charge in [-0.25, -0.2) is 0 Å². The number of aromatic nitrogens is 1. The molecule has 2 nitrogen and oxygen atoms in total.